The summed E-state index contributed by atoms with van der Waals surface area (Å²) in [7, 11) is 0. The lowest BCUT2D eigenvalue weighted by Crippen LogP contribution is -1.98. The standard InChI is InChI=1S/C7H3F2NO3/c8-5-1-4(3-11)2-6(9)7(5)10(12)13/h1-3H. The summed E-state index contributed by atoms with van der Waals surface area (Å²) in [5.74, 6) is -2.71. The van der Waals surface area contributed by atoms with Gasteiger partial charge in [0.25, 0.3) is 0 Å². The molecular formula is C7H3F2NO3. The van der Waals surface area contributed by atoms with Crippen LogP contribution in [0, 0.1) is 21.7 Å². The summed E-state index contributed by atoms with van der Waals surface area (Å²) in [6, 6.07) is 1.21. The molecule has 0 aliphatic heterocycles. The largest absolute Gasteiger partial charge is 0.340 e. The minimum absolute atomic E-state index is 0.204. The fourth-order valence-corrected chi connectivity index (χ4v) is 0.828. The van der Waals surface area contributed by atoms with E-state index in [1.807, 2.05) is 0 Å². The van der Waals surface area contributed by atoms with Gasteiger partial charge in [-0.1, -0.05) is 0 Å². The number of nitro groups is 1. The Hall–Kier alpha value is -1.85. The maximum Gasteiger partial charge on any atom is 0.340 e. The fraction of sp³-hybridized carbons (Fsp3) is 0. The van der Waals surface area contributed by atoms with E-state index in [1.165, 1.54) is 0 Å². The Bertz CT molecular complexity index is 355. The summed E-state index contributed by atoms with van der Waals surface area (Å²) in [5, 5.41) is 10.1. The van der Waals surface area contributed by atoms with Gasteiger partial charge in [0.1, 0.15) is 6.29 Å². The van der Waals surface area contributed by atoms with Crippen molar-refractivity contribution in [1.82, 2.24) is 0 Å². The molecule has 0 amide bonds. The lowest BCUT2D eigenvalue weighted by Gasteiger charge is -1.96. The molecule has 68 valence electrons. The van der Waals surface area contributed by atoms with Gasteiger partial charge >= 0.3 is 5.69 Å². The highest BCUT2D eigenvalue weighted by molar-refractivity contribution is 5.75. The van der Waals surface area contributed by atoms with Crippen LogP contribution in [0.2, 0.25) is 0 Å². The number of hydrogen-bond donors (Lipinski definition) is 0. The predicted octanol–water partition coefficient (Wildman–Crippen LogP) is 1.69. The van der Waals surface area contributed by atoms with Gasteiger partial charge in [0.2, 0.25) is 11.6 Å². The third kappa shape index (κ3) is 1.66. The van der Waals surface area contributed by atoms with Crippen molar-refractivity contribution < 1.29 is 18.5 Å². The smallest absolute Gasteiger partial charge is 0.298 e. The summed E-state index contributed by atoms with van der Waals surface area (Å²) in [6.45, 7) is 0. The van der Waals surface area contributed by atoms with Crippen LogP contribution in [0.4, 0.5) is 14.5 Å². The van der Waals surface area contributed by atoms with Crippen LogP contribution < -0.4 is 0 Å². The van der Waals surface area contributed by atoms with Gasteiger partial charge < -0.3 is 0 Å². The second-order valence-electron chi connectivity index (χ2n) is 2.21. The zero-order chi connectivity index (χ0) is 10.0. The normalized spacial score (nSPS) is 9.69. The number of carbonyl (C=O) groups is 1. The molecule has 0 saturated carbocycles. The second kappa shape index (κ2) is 3.26. The Labute approximate surface area is 70.9 Å². The number of nitrogens with zero attached hydrogens (tertiary/aromatic N) is 1. The molecule has 0 fully saturated rings. The molecule has 0 N–H and O–H groups in total. The van der Waals surface area contributed by atoms with Crippen molar-refractivity contribution in [2.24, 2.45) is 0 Å². The van der Waals surface area contributed by atoms with Crippen molar-refractivity contribution in [1.29, 1.82) is 0 Å². The molecule has 0 radical (unpaired) electrons. The SMILES string of the molecule is O=Cc1cc(F)c([N+](=O)[O-])c(F)c1. The lowest BCUT2D eigenvalue weighted by molar-refractivity contribution is -0.390. The number of nitro benzene ring substituents is 1. The zero-order valence-corrected chi connectivity index (χ0v) is 6.16. The highest BCUT2D eigenvalue weighted by Crippen LogP contribution is 2.21. The average Bonchev–Trinajstić information content (AvgIpc) is 2.02. The first-order valence-corrected chi connectivity index (χ1v) is 3.15. The van der Waals surface area contributed by atoms with Crippen molar-refractivity contribution in [2.75, 3.05) is 0 Å². The molecule has 0 unspecified atom stereocenters. The molecule has 0 aliphatic carbocycles. The Morgan fingerprint density at radius 2 is 1.77 bits per heavy atom. The van der Waals surface area contributed by atoms with Gasteiger partial charge in [0, 0.05) is 5.56 Å². The van der Waals surface area contributed by atoms with Crippen LogP contribution in [0.15, 0.2) is 12.1 Å². The monoisotopic (exact) mass is 187 g/mol. The Kier molecular flexibility index (Phi) is 2.32. The van der Waals surface area contributed by atoms with E-state index in [9.17, 15) is 23.7 Å². The summed E-state index contributed by atoms with van der Waals surface area (Å²) in [4.78, 5) is 19.0. The van der Waals surface area contributed by atoms with Crippen molar-refractivity contribution in [2.45, 2.75) is 0 Å². The summed E-state index contributed by atoms with van der Waals surface area (Å²) < 4.78 is 25.4. The third-order valence-corrected chi connectivity index (χ3v) is 1.36. The molecule has 1 aromatic carbocycles. The van der Waals surface area contributed by atoms with Gasteiger partial charge in [-0.15, -0.1) is 0 Å². The van der Waals surface area contributed by atoms with Crippen LogP contribution in [0.25, 0.3) is 0 Å². The molecule has 1 aromatic rings. The van der Waals surface area contributed by atoms with Crippen LogP contribution >= 0.6 is 0 Å². The number of halogens is 2. The Morgan fingerprint density at radius 1 is 1.31 bits per heavy atom. The third-order valence-electron chi connectivity index (χ3n) is 1.36. The number of carbonyl (C=O) groups excluding carboxylic acids is 1. The molecule has 4 nitrogen and oxygen atoms in total. The number of hydrogen-bond acceptors (Lipinski definition) is 3. The molecule has 13 heavy (non-hydrogen) atoms. The van der Waals surface area contributed by atoms with E-state index in [0.29, 0.717) is 12.1 Å². The van der Waals surface area contributed by atoms with E-state index in [4.69, 9.17) is 0 Å². The van der Waals surface area contributed by atoms with E-state index in [2.05, 4.69) is 0 Å². The molecule has 6 heteroatoms. The van der Waals surface area contributed by atoms with Crippen LogP contribution in [0.5, 0.6) is 0 Å². The first kappa shape index (κ1) is 9.24. The predicted molar refractivity (Wildman–Crippen MR) is 38.4 cm³/mol. The van der Waals surface area contributed by atoms with Gasteiger partial charge in [0.15, 0.2) is 0 Å². The fourth-order valence-electron chi connectivity index (χ4n) is 0.828. The maximum atomic E-state index is 12.7. The molecule has 0 spiro atoms. The molecule has 0 heterocycles. The van der Waals surface area contributed by atoms with Crippen molar-refractivity contribution in [3.63, 3.8) is 0 Å². The van der Waals surface area contributed by atoms with Gasteiger partial charge in [-0.05, 0) is 12.1 Å². The van der Waals surface area contributed by atoms with Gasteiger partial charge in [0.05, 0.1) is 4.92 Å². The zero-order valence-electron chi connectivity index (χ0n) is 6.16. The molecule has 0 atom stereocenters. The first-order chi connectivity index (χ1) is 6.06. The Morgan fingerprint density at radius 3 is 2.08 bits per heavy atom. The van der Waals surface area contributed by atoms with E-state index in [1.54, 1.807) is 0 Å². The second-order valence-corrected chi connectivity index (χ2v) is 2.21. The summed E-state index contributed by atoms with van der Waals surface area (Å²) in [6.07, 6.45) is 0.204. The quantitative estimate of drug-likeness (QED) is 0.402. The molecule has 0 aromatic heterocycles. The van der Waals surface area contributed by atoms with Crippen LogP contribution in [0.1, 0.15) is 10.4 Å². The van der Waals surface area contributed by atoms with E-state index >= 15 is 0 Å². The van der Waals surface area contributed by atoms with Crippen LogP contribution in [0.3, 0.4) is 0 Å². The Balaban J connectivity index is 3.39. The lowest BCUT2D eigenvalue weighted by atomic mass is 10.2. The number of rotatable bonds is 2. The van der Waals surface area contributed by atoms with Crippen LogP contribution in [-0.2, 0) is 0 Å². The summed E-state index contributed by atoms with van der Waals surface area (Å²) in [5.41, 5.74) is -1.52. The van der Waals surface area contributed by atoms with Gasteiger partial charge in [-0.2, -0.15) is 8.78 Å². The molecular weight excluding hydrogens is 184 g/mol. The van der Waals surface area contributed by atoms with Crippen molar-refractivity contribution in [3.8, 4) is 0 Å². The molecule has 1 rings (SSSR count). The minimum Gasteiger partial charge on any atom is -0.298 e. The maximum absolute atomic E-state index is 12.7. The van der Waals surface area contributed by atoms with E-state index in [0.717, 1.165) is 0 Å². The first-order valence-electron chi connectivity index (χ1n) is 3.15. The van der Waals surface area contributed by atoms with E-state index < -0.39 is 22.2 Å². The van der Waals surface area contributed by atoms with Gasteiger partial charge in [-0.3, -0.25) is 14.9 Å². The van der Waals surface area contributed by atoms with Crippen molar-refractivity contribution >= 4 is 12.0 Å². The molecule has 0 bridgehead atoms. The highest BCUT2D eigenvalue weighted by atomic mass is 19.1. The number of benzene rings is 1. The minimum atomic E-state index is -1.35. The van der Waals surface area contributed by atoms with E-state index in [-0.39, 0.29) is 11.8 Å². The number of aldehydes is 1. The average molecular weight is 187 g/mol. The van der Waals surface area contributed by atoms with Crippen molar-refractivity contribution in [3.05, 3.63) is 39.4 Å². The molecule has 0 saturated heterocycles. The summed E-state index contributed by atoms with van der Waals surface area (Å²) >= 11 is 0. The molecule has 0 aliphatic rings. The van der Waals surface area contributed by atoms with Gasteiger partial charge in [-0.25, -0.2) is 0 Å². The highest BCUT2D eigenvalue weighted by Gasteiger charge is 2.21. The topological polar surface area (TPSA) is 60.2 Å². The van der Waals surface area contributed by atoms with Crippen LogP contribution in [-0.4, -0.2) is 11.2 Å².